The van der Waals surface area contributed by atoms with Gasteiger partial charge in [0.15, 0.2) is 0 Å². The number of nitrogens with zero attached hydrogens (tertiary/aromatic N) is 1. The van der Waals surface area contributed by atoms with Gasteiger partial charge in [-0.15, -0.1) is 11.3 Å². The lowest BCUT2D eigenvalue weighted by molar-refractivity contribution is -0.128. The number of carbonyl (C=O) groups excluding carboxylic acids is 1. The van der Waals surface area contributed by atoms with E-state index in [4.69, 9.17) is 10.00 Å². The number of esters is 1. The molecule has 0 N–H and O–H groups in total. The lowest BCUT2D eigenvalue weighted by Crippen LogP contribution is -2.03. The van der Waals surface area contributed by atoms with Crippen LogP contribution in [0.15, 0.2) is 47.9 Å². The van der Waals surface area contributed by atoms with E-state index in [9.17, 15) is 4.79 Å². The summed E-state index contributed by atoms with van der Waals surface area (Å²) in [6.07, 6.45) is 3.06. The maximum absolute atomic E-state index is 11.5. The molecule has 1 heterocycles. The minimum absolute atomic E-state index is 0.370. The van der Waals surface area contributed by atoms with Crippen LogP contribution in [0.2, 0.25) is 0 Å². The Morgan fingerprint density at radius 1 is 1.33 bits per heavy atom. The summed E-state index contributed by atoms with van der Waals surface area (Å²) in [6, 6.07) is 12.3. The fourth-order valence-electron chi connectivity index (χ4n) is 1.32. The van der Waals surface area contributed by atoms with Crippen LogP contribution in [-0.4, -0.2) is 5.97 Å². The third-order valence-corrected chi connectivity index (χ3v) is 2.95. The fraction of sp³-hybridized carbons (Fsp3) is 0. The lowest BCUT2D eigenvalue weighted by atomic mass is 10.2. The monoisotopic (exact) mass is 255 g/mol. The average molecular weight is 255 g/mol. The number of rotatable bonds is 3. The van der Waals surface area contributed by atoms with Crippen molar-refractivity contribution in [2.75, 3.05) is 0 Å². The van der Waals surface area contributed by atoms with Crippen molar-refractivity contribution in [2.45, 2.75) is 0 Å². The summed E-state index contributed by atoms with van der Waals surface area (Å²) in [7, 11) is 0. The first-order valence-corrected chi connectivity index (χ1v) is 6.09. The molecule has 0 bridgehead atoms. The van der Waals surface area contributed by atoms with Gasteiger partial charge in [-0.1, -0.05) is 12.1 Å². The number of thiophene rings is 1. The SMILES string of the molecule is N#Cc1cccc(OC(=O)/C=C/c2cccs2)c1. The third kappa shape index (κ3) is 3.30. The first-order valence-electron chi connectivity index (χ1n) is 5.21. The van der Waals surface area contributed by atoms with Crippen molar-refractivity contribution >= 4 is 23.4 Å². The second kappa shape index (κ2) is 5.80. The van der Waals surface area contributed by atoms with Gasteiger partial charge < -0.3 is 4.74 Å². The van der Waals surface area contributed by atoms with E-state index in [0.717, 1.165) is 4.88 Å². The van der Waals surface area contributed by atoms with Crippen LogP contribution >= 0.6 is 11.3 Å². The summed E-state index contributed by atoms with van der Waals surface area (Å²) in [4.78, 5) is 12.5. The van der Waals surface area contributed by atoms with Crippen molar-refractivity contribution in [3.8, 4) is 11.8 Å². The molecule has 0 aliphatic heterocycles. The van der Waals surface area contributed by atoms with E-state index < -0.39 is 5.97 Å². The number of carbonyl (C=O) groups is 1. The Kier molecular flexibility index (Phi) is 3.90. The van der Waals surface area contributed by atoms with Crippen LogP contribution in [0.3, 0.4) is 0 Å². The molecule has 2 aromatic rings. The van der Waals surface area contributed by atoms with E-state index in [-0.39, 0.29) is 0 Å². The quantitative estimate of drug-likeness (QED) is 0.480. The van der Waals surface area contributed by atoms with E-state index in [1.165, 1.54) is 23.5 Å². The highest BCUT2D eigenvalue weighted by atomic mass is 32.1. The highest BCUT2D eigenvalue weighted by molar-refractivity contribution is 7.10. The first kappa shape index (κ1) is 12.1. The second-order valence-corrected chi connectivity index (χ2v) is 4.39. The molecule has 1 aromatic carbocycles. The number of hydrogen-bond acceptors (Lipinski definition) is 4. The van der Waals surface area contributed by atoms with Gasteiger partial charge in [-0.3, -0.25) is 0 Å². The van der Waals surface area contributed by atoms with E-state index in [1.54, 1.807) is 24.3 Å². The summed E-state index contributed by atoms with van der Waals surface area (Å²) in [5, 5.41) is 10.7. The van der Waals surface area contributed by atoms with Crippen molar-refractivity contribution in [3.05, 3.63) is 58.3 Å². The largest absolute Gasteiger partial charge is 0.423 e. The van der Waals surface area contributed by atoms with Gasteiger partial charge in [0.1, 0.15) is 5.75 Å². The molecule has 0 saturated carbocycles. The molecule has 0 aliphatic rings. The zero-order valence-corrected chi connectivity index (χ0v) is 10.2. The number of benzene rings is 1. The smallest absolute Gasteiger partial charge is 0.336 e. The molecule has 3 nitrogen and oxygen atoms in total. The Hall–Kier alpha value is -2.38. The highest BCUT2D eigenvalue weighted by Crippen LogP contribution is 2.14. The van der Waals surface area contributed by atoms with Gasteiger partial charge in [-0.2, -0.15) is 5.26 Å². The molecule has 1 aromatic heterocycles. The van der Waals surface area contributed by atoms with Crippen LogP contribution in [0.25, 0.3) is 6.08 Å². The maximum atomic E-state index is 11.5. The molecule has 0 fully saturated rings. The molecule has 2 rings (SSSR count). The summed E-state index contributed by atoms with van der Waals surface area (Å²) < 4.78 is 5.08. The Balaban J connectivity index is 2.01. The topological polar surface area (TPSA) is 50.1 Å². The Bertz CT molecular complexity index is 609. The van der Waals surface area contributed by atoms with Crippen LogP contribution in [0.1, 0.15) is 10.4 Å². The van der Waals surface area contributed by atoms with E-state index in [2.05, 4.69) is 0 Å². The van der Waals surface area contributed by atoms with Crippen molar-refractivity contribution in [3.63, 3.8) is 0 Å². The molecule has 0 saturated heterocycles. The standard InChI is InChI=1S/C14H9NO2S/c15-10-11-3-1-4-12(9-11)17-14(16)7-6-13-5-2-8-18-13/h1-9H/b7-6+. The van der Waals surface area contributed by atoms with Crippen molar-refractivity contribution in [1.82, 2.24) is 0 Å². The summed E-state index contributed by atoms with van der Waals surface area (Å²) in [5.74, 6) is -0.0895. The fourth-order valence-corrected chi connectivity index (χ4v) is 1.93. The molecule has 0 spiro atoms. The van der Waals surface area contributed by atoms with Crippen molar-refractivity contribution < 1.29 is 9.53 Å². The molecule has 4 heteroatoms. The predicted molar refractivity (Wildman–Crippen MR) is 70.1 cm³/mol. The van der Waals surface area contributed by atoms with Gasteiger partial charge in [0.05, 0.1) is 11.6 Å². The molecular weight excluding hydrogens is 246 g/mol. The molecule has 0 aliphatic carbocycles. The number of ether oxygens (including phenoxy) is 1. The van der Waals surface area contributed by atoms with Gasteiger partial charge in [0.2, 0.25) is 0 Å². The molecular formula is C14H9NO2S. The number of hydrogen-bond donors (Lipinski definition) is 0. The molecule has 18 heavy (non-hydrogen) atoms. The van der Waals surface area contributed by atoms with Crippen LogP contribution < -0.4 is 4.74 Å². The van der Waals surface area contributed by atoms with E-state index >= 15 is 0 Å². The normalized spacial score (nSPS) is 10.2. The van der Waals surface area contributed by atoms with Crippen molar-refractivity contribution in [2.24, 2.45) is 0 Å². The molecule has 0 atom stereocenters. The van der Waals surface area contributed by atoms with Gasteiger partial charge in [-0.25, -0.2) is 4.79 Å². The van der Waals surface area contributed by atoms with Gasteiger partial charge in [-0.05, 0) is 35.7 Å². The highest BCUT2D eigenvalue weighted by Gasteiger charge is 2.01. The first-order chi connectivity index (χ1) is 8.78. The Labute approximate surface area is 109 Å². The van der Waals surface area contributed by atoms with Crippen LogP contribution in [0.5, 0.6) is 5.75 Å². The minimum Gasteiger partial charge on any atom is -0.423 e. The van der Waals surface area contributed by atoms with Crippen LogP contribution in [0, 0.1) is 11.3 Å². The van der Waals surface area contributed by atoms with E-state index in [1.807, 2.05) is 23.6 Å². The second-order valence-electron chi connectivity index (χ2n) is 3.41. The maximum Gasteiger partial charge on any atom is 0.336 e. The Morgan fingerprint density at radius 2 is 2.22 bits per heavy atom. The van der Waals surface area contributed by atoms with Crippen LogP contribution in [0.4, 0.5) is 0 Å². The summed E-state index contributed by atoms with van der Waals surface area (Å²) >= 11 is 1.54. The van der Waals surface area contributed by atoms with Gasteiger partial charge in [0, 0.05) is 11.0 Å². The zero-order valence-electron chi connectivity index (χ0n) is 9.37. The predicted octanol–water partition coefficient (Wildman–Crippen LogP) is 3.24. The van der Waals surface area contributed by atoms with Gasteiger partial charge >= 0.3 is 5.97 Å². The number of nitriles is 1. The minimum atomic E-state index is -0.460. The lowest BCUT2D eigenvalue weighted by Gasteiger charge is -2.00. The van der Waals surface area contributed by atoms with Gasteiger partial charge in [0.25, 0.3) is 0 Å². The van der Waals surface area contributed by atoms with Crippen molar-refractivity contribution in [1.29, 1.82) is 5.26 Å². The molecule has 0 unspecified atom stereocenters. The summed E-state index contributed by atoms with van der Waals surface area (Å²) in [6.45, 7) is 0. The summed E-state index contributed by atoms with van der Waals surface area (Å²) in [5.41, 5.74) is 0.461. The van der Waals surface area contributed by atoms with E-state index in [0.29, 0.717) is 11.3 Å². The Morgan fingerprint density at radius 3 is 2.94 bits per heavy atom. The molecule has 0 radical (unpaired) electrons. The molecule has 0 amide bonds. The average Bonchev–Trinajstić information content (AvgIpc) is 2.90. The molecule has 88 valence electrons. The zero-order chi connectivity index (χ0) is 12.8. The van der Waals surface area contributed by atoms with Crippen LogP contribution in [-0.2, 0) is 4.79 Å². The third-order valence-electron chi connectivity index (χ3n) is 2.11.